The molecule has 0 unspecified atom stereocenters. The minimum atomic E-state index is -0.806. The minimum absolute atomic E-state index is 0.0472. The second kappa shape index (κ2) is 4.04. The van der Waals surface area contributed by atoms with Crippen LogP contribution in [0.3, 0.4) is 0 Å². The molecule has 0 saturated heterocycles. The number of hydrogen-bond donors (Lipinski definition) is 2. The van der Waals surface area contributed by atoms with Crippen LogP contribution in [0.4, 0.5) is 0 Å². The summed E-state index contributed by atoms with van der Waals surface area (Å²) in [5.74, 6) is -0.261. The molecule has 4 heteroatoms. The van der Waals surface area contributed by atoms with Crippen molar-refractivity contribution in [3.63, 3.8) is 0 Å². The van der Waals surface area contributed by atoms with E-state index in [1.54, 1.807) is 0 Å². The normalized spacial score (nSPS) is 17.1. The lowest BCUT2D eigenvalue weighted by Gasteiger charge is -2.05. The third-order valence-corrected chi connectivity index (χ3v) is 3.22. The highest BCUT2D eigenvalue weighted by molar-refractivity contribution is 5.70. The fraction of sp³-hybridized carbons (Fsp3) is 0.636. The fourth-order valence-corrected chi connectivity index (χ4v) is 2.37. The maximum Gasteiger partial charge on any atom is 0.309 e. The van der Waals surface area contributed by atoms with Crippen LogP contribution in [0.5, 0.6) is 0 Å². The smallest absolute Gasteiger partial charge is 0.309 e. The van der Waals surface area contributed by atoms with Gasteiger partial charge in [0.1, 0.15) is 0 Å². The van der Waals surface area contributed by atoms with E-state index in [1.165, 1.54) is 25.7 Å². The summed E-state index contributed by atoms with van der Waals surface area (Å²) in [6, 6.07) is 0. The molecule has 0 spiro atoms. The first kappa shape index (κ1) is 10.2. The van der Waals surface area contributed by atoms with E-state index in [0.29, 0.717) is 5.92 Å². The first-order valence-corrected chi connectivity index (χ1v) is 5.44. The molecule has 0 radical (unpaired) electrons. The number of rotatable bonds is 3. The van der Waals surface area contributed by atoms with E-state index in [1.807, 2.05) is 6.92 Å². The largest absolute Gasteiger partial charge is 0.481 e. The van der Waals surface area contributed by atoms with Crippen molar-refractivity contribution in [3.8, 4) is 0 Å². The Hall–Kier alpha value is -1.32. The third-order valence-electron chi connectivity index (χ3n) is 3.22. The predicted octanol–water partition coefficient (Wildman–Crippen LogP) is 2.00. The zero-order valence-corrected chi connectivity index (χ0v) is 8.92. The summed E-state index contributed by atoms with van der Waals surface area (Å²) in [6.45, 7) is 1.97. The molecule has 0 aromatic carbocycles. The molecule has 15 heavy (non-hydrogen) atoms. The molecule has 1 aliphatic carbocycles. The average molecular weight is 208 g/mol. The van der Waals surface area contributed by atoms with E-state index in [0.717, 1.165) is 17.0 Å². The zero-order valence-electron chi connectivity index (χ0n) is 8.92. The van der Waals surface area contributed by atoms with Gasteiger partial charge in [-0.2, -0.15) is 5.10 Å². The summed E-state index contributed by atoms with van der Waals surface area (Å²) < 4.78 is 0. The zero-order chi connectivity index (χ0) is 10.8. The van der Waals surface area contributed by atoms with Crippen molar-refractivity contribution in [1.82, 2.24) is 10.2 Å². The Bertz CT molecular complexity index is 365. The summed E-state index contributed by atoms with van der Waals surface area (Å²) in [6.07, 6.45) is 4.97. The number of aromatic nitrogens is 2. The Morgan fingerprint density at radius 3 is 2.80 bits per heavy atom. The van der Waals surface area contributed by atoms with Gasteiger partial charge in [-0.05, 0) is 25.3 Å². The number of aliphatic carboxylic acids is 1. The number of carboxylic acid groups (broad SMARTS) is 1. The molecule has 1 aromatic heterocycles. The molecule has 1 aromatic rings. The van der Waals surface area contributed by atoms with Crippen LogP contribution in [0.25, 0.3) is 0 Å². The monoisotopic (exact) mass is 208 g/mol. The van der Waals surface area contributed by atoms with E-state index in [2.05, 4.69) is 10.2 Å². The van der Waals surface area contributed by atoms with Gasteiger partial charge in [0.05, 0.1) is 12.1 Å². The Kier molecular flexibility index (Phi) is 2.75. The van der Waals surface area contributed by atoms with Gasteiger partial charge in [-0.3, -0.25) is 9.89 Å². The van der Waals surface area contributed by atoms with E-state index in [9.17, 15) is 4.79 Å². The van der Waals surface area contributed by atoms with Gasteiger partial charge in [-0.15, -0.1) is 0 Å². The molecule has 1 saturated carbocycles. The fourth-order valence-electron chi connectivity index (χ4n) is 2.37. The molecule has 1 aliphatic rings. The molecule has 0 amide bonds. The van der Waals surface area contributed by atoms with Crippen molar-refractivity contribution in [3.05, 3.63) is 17.0 Å². The molecule has 2 rings (SSSR count). The average Bonchev–Trinajstić information content (AvgIpc) is 2.76. The highest BCUT2D eigenvalue weighted by Gasteiger charge is 2.23. The quantitative estimate of drug-likeness (QED) is 0.798. The summed E-state index contributed by atoms with van der Waals surface area (Å²) in [5, 5.41) is 15.8. The van der Waals surface area contributed by atoms with Gasteiger partial charge in [-0.25, -0.2) is 0 Å². The number of nitrogens with one attached hydrogen (secondary N) is 1. The van der Waals surface area contributed by atoms with Crippen molar-refractivity contribution in [2.24, 2.45) is 0 Å². The second-order valence-electron chi connectivity index (χ2n) is 4.26. The molecule has 2 N–H and O–H groups in total. The molecule has 82 valence electrons. The predicted molar refractivity (Wildman–Crippen MR) is 55.9 cm³/mol. The van der Waals surface area contributed by atoms with E-state index in [-0.39, 0.29) is 6.42 Å². The standard InChI is InChI=1S/C11H16N2O2/c1-7-9(6-10(14)15)12-13-11(7)8-4-2-3-5-8/h8H,2-6H2,1H3,(H,12,13)(H,14,15). The van der Waals surface area contributed by atoms with Gasteiger partial charge in [0, 0.05) is 11.6 Å². The van der Waals surface area contributed by atoms with Crippen LogP contribution in [0, 0.1) is 6.92 Å². The van der Waals surface area contributed by atoms with Gasteiger partial charge in [0.15, 0.2) is 0 Å². The number of aromatic amines is 1. The first-order chi connectivity index (χ1) is 7.18. The summed E-state index contributed by atoms with van der Waals surface area (Å²) in [7, 11) is 0. The van der Waals surface area contributed by atoms with Gasteiger partial charge < -0.3 is 5.11 Å². The SMILES string of the molecule is Cc1c(C2CCCC2)n[nH]c1CC(=O)O. The van der Waals surface area contributed by atoms with Crippen molar-refractivity contribution in [2.45, 2.75) is 44.9 Å². The molecule has 1 heterocycles. The van der Waals surface area contributed by atoms with Crippen molar-refractivity contribution in [1.29, 1.82) is 0 Å². The number of H-pyrrole nitrogens is 1. The van der Waals surface area contributed by atoms with E-state index < -0.39 is 5.97 Å². The Labute approximate surface area is 88.7 Å². The number of nitrogens with zero attached hydrogens (tertiary/aromatic N) is 1. The van der Waals surface area contributed by atoms with Crippen LogP contribution in [0.2, 0.25) is 0 Å². The highest BCUT2D eigenvalue weighted by Crippen LogP contribution is 2.35. The molecule has 0 bridgehead atoms. The maximum absolute atomic E-state index is 10.6. The van der Waals surface area contributed by atoms with Gasteiger partial charge in [0.2, 0.25) is 0 Å². The number of carboxylic acids is 1. The van der Waals surface area contributed by atoms with Crippen molar-refractivity contribution < 1.29 is 9.90 Å². The summed E-state index contributed by atoms with van der Waals surface area (Å²) in [4.78, 5) is 10.6. The summed E-state index contributed by atoms with van der Waals surface area (Å²) in [5.41, 5.74) is 2.89. The third kappa shape index (κ3) is 2.03. The minimum Gasteiger partial charge on any atom is -0.481 e. The molecule has 4 nitrogen and oxygen atoms in total. The molecular weight excluding hydrogens is 192 g/mol. The van der Waals surface area contributed by atoms with E-state index >= 15 is 0 Å². The van der Waals surface area contributed by atoms with Gasteiger partial charge >= 0.3 is 5.97 Å². The first-order valence-electron chi connectivity index (χ1n) is 5.44. The lowest BCUT2D eigenvalue weighted by atomic mass is 9.99. The van der Waals surface area contributed by atoms with Crippen molar-refractivity contribution >= 4 is 5.97 Å². The lowest BCUT2D eigenvalue weighted by Crippen LogP contribution is -2.02. The molecule has 0 atom stereocenters. The van der Waals surface area contributed by atoms with Gasteiger partial charge in [-0.1, -0.05) is 12.8 Å². The second-order valence-corrected chi connectivity index (χ2v) is 4.26. The molecular formula is C11H16N2O2. The maximum atomic E-state index is 10.6. The highest BCUT2D eigenvalue weighted by atomic mass is 16.4. The number of carbonyl (C=O) groups is 1. The topological polar surface area (TPSA) is 66.0 Å². The Morgan fingerprint density at radius 1 is 1.53 bits per heavy atom. The van der Waals surface area contributed by atoms with Crippen LogP contribution in [0.1, 0.15) is 48.6 Å². The van der Waals surface area contributed by atoms with Crippen molar-refractivity contribution in [2.75, 3.05) is 0 Å². The van der Waals surface area contributed by atoms with Crippen LogP contribution < -0.4 is 0 Å². The lowest BCUT2D eigenvalue weighted by molar-refractivity contribution is -0.136. The Balaban J connectivity index is 2.18. The van der Waals surface area contributed by atoms with Crippen LogP contribution in [-0.4, -0.2) is 21.3 Å². The van der Waals surface area contributed by atoms with E-state index in [4.69, 9.17) is 5.11 Å². The number of hydrogen-bond acceptors (Lipinski definition) is 2. The van der Waals surface area contributed by atoms with Crippen LogP contribution in [0.15, 0.2) is 0 Å². The molecule has 0 aliphatic heterocycles. The van der Waals surface area contributed by atoms with Crippen LogP contribution >= 0.6 is 0 Å². The summed E-state index contributed by atoms with van der Waals surface area (Å²) >= 11 is 0. The van der Waals surface area contributed by atoms with Crippen LogP contribution in [-0.2, 0) is 11.2 Å². The Morgan fingerprint density at radius 2 is 2.20 bits per heavy atom. The molecule has 1 fully saturated rings. The van der Waals surface area contributed by atoms with Gasteiger partial charge in [0.25, 0.3) is 0 Å².